The fraction of sp³-hybridized carbons (Fsp3) is 1.00. The highest BCUT2D eigenvalue weighted by Gasteiger charge is 2.09. The van der Waals surface area contributed by atoms with Crippen molar-refractivity contribution >= 4 is 0 Å². The fourth-order valence-electron chi connectivity index (χ4n) is 1.18. The van der Waals surface area contributed by atoms with E-state index in [2.05, 4.69) is 11.9 Å². The van der Waals surface area contributed by atoms with Gasteiger partial charge in [0.2, 0.25) is 0 Å². The maximum Gasteiger partial charge on any atom is 0.0930 e. The smallest absolute Gasteiger partial charge is 0.0930 e. The molecular weight excluding hydrogens is 168 g/mol. The Hall–Kier alpha value is -0.160. The van der Waals surface area contributed by atoms with E-state index in [4.69, 9.17) is 15.2 Å². The Labute approximate surface area is 81.0 Å². The summed E-state index contributed by atoms with van der Waals surface area (Å²) in [4.78, 5) is 2.21. The Kier molecular flexibility index (Phi) is 8.33. The lowest BCUT2D eigenvalue weighted by molar-refractivity contribution is 0.0104. The summed E-state index contributed by atoms with van der Waals surface area (Å²) in [7, 11) is 5.46. The van der Waals surface area contributed by atoms with Gasteiger partial charge in [0.1, 0.15) is 0 Å². The second-order valence-electron chi connectivity index (χ2n) is 3.22. The highest BCUT2D eigenvalue weighted by Crippen LogP contribution is 1.95. The Bertz CT molecular complexity index is 112. The standard InChI is InChI=1S/C9H22N2O2/c1-11(6-4-5-10)7-9(13-3)8-12-2/h9H,4-8,10H2,1-3H3. The van der Waals surface area contributed by atoms with Crippen LogP contribution in [-0.2, 0) is 9.47 Å². The monoisotopic (exact) mass is 190 g/mol. The number of rotatable bonds is 8. The van der Waals surface area contributed by atoms with Gasteiger partial charge in [-0.25, -0.2) is 0 Å². The average molecular weight is 190 g/mol. The molecule has 0 amide bonds. The minimum Gasteiger partial charge on any atom is -0.382 e. The number of ether oxygens (including phenoxy) is 2. The van der Waals surface area contributed by atoms with E-state index in [1.54, 1.807) is 14.2 Å². The summed E-state index contributed by atoms with van der Waals surface area (Å²) in [5.41, 5.74) is 5.42. The normalized spacial score (nSPS) is 13.6. The fourth-order valence-corrected chi connectivity index (χ4v) is 1.18. The summed E-state index contributed by atoms with van der Waals surface area (Å²) in [6, 6.07) is 0. The third-order valence-corrected chi connectivity index (χ3v) is 1.95. The highest BCUT2D eigenvalue weighted by molar-refractivity contribution is 4.62. The van der Waals surface area contributed by atoms with Gasteiger partial charge in [0.25, 0.3) is 0 Å². The van der Waals surface area contributed by atoms with Gasteiger partial charge in [0.05, 0.1) is 12.7 Å². The third-order valence-electron chi connectivity index (χ3n) is 1.95. The van der Waals surface area contributed by atoms with E-state index >= 15 is 0 Å². The van der Waals surface area contributed by atoms with Crippen LogP contribution in [0.1, 0.15) is 6.42 Å². The van der Waals surface area contributed by atoms with Crippen molar-refractivity contribution in [2.45, 2.75) is 12.5 Å². The van der Waals surface area contributed by atoms with Crippen LogP contribution in [0.15, 0.2) is 0 Å². The minimum atomic E-state index is 0.160. The number of methoxy groups -OCH3 is 2. The van der Waals surface area contributed by atoms with Crippen molar-refractivity contribution in [2.75, 3.05) is 47.5 Å². The first-order valence-corrected chi connectivity index (χ1v) is 4.65. The summed E-state index contributed by atoms with van der Waals surface area (Å²) in [5.74, 6) is 0. The van der Waals surface area contributed by atoms with Crippen molar-refractivity contribution in [3.8, 4) is 0 Å². The molecule has 4 nitrogen and oxygen atoms in total. The molecular formula is C9H22N2O2. The van der Waals surface area contributed by atoms with Crippen LogP contribution in [0.3, 0.4) is 0 Å². The summed E-state index contributed by atoms with van der Waals surface area (Å²) >= 11 is 0. The lowest BCUT2D eigenvalue weighted by Crippen LogP contribution is -2.34. The highest BCUT2D eigenvalue weighted by atomic mass is 16.5. The van der Waals surface area contributed by atoms with Crippen LogP contribution in [0, 0.1) is 0 Å². The SMILES string of the molecule is COCC(CN(C)CCCN)OC. The molecule has 0 rings (SSSR count). The molecule has 13 heavy (non-hydrogen) atoms. The maximum atomic E-state index is 5.42. The summed E-state index contributed by atoms with van der Waals surface area (Å²) in [6.07, 6.45) is 1.19. The van der Waals surface area contributed by atoms with Crippen LogP contribution in [-0.4, -0.2) is 58.5 Å². The van der Waals surface area contributed by atoms with Gasteiger partial charge >= 0.3 is 0 Å². The summed E-state index contributed by atoms with van der Waals surface area (Å²) in [6.45, 7) is 3.29. The molecule has 2 N–H and O–H groups in total. The Balaban J connectivity index is 3.53. The van der Waals surface area contributed by atoms with Gasteiger partial charge < -0.3 is 20.1 Å². The van der Waals surface area contributed by atoms with Gasteiger partial charge in [-0.1, -0.05) is 0 Å². The van der Waals surface area contributed by atoms with E-state index in [1.165, 1.54) is 0 Å². The van der Waals surface area contributed by atoms with Crippen LogP contribution in [0.4, 0.5) is 0 Å². The predicted molar refractivity (Wildman–Crippen MR) is 53.8 cm³/mol. The molecule has 0 aromatic carbocycles. The molecule has 4 heteroatoms. The molecule has 80 valence electrons. The second kappa shape index (κ2) is 8.44. The topological polar surface area (TPSA) is 47.7 Å². The van der Waals surface area contributed by atoms with E-state index in [-0.39, 0.29) is 6.10 Å². The van der Waals surface area contributed by atoms with Gasteiger partial charge in [-0.2, -0.15) is 0 Å². The first kappa shape index (κ1) is 12.8. The van der Waals surface area contributed by atoms with Crippen LogP contribution in [0.25, 0.3) is 0 Å². The molecule has 0 bridgehead atoms. The molecule has 0 spiro atoms. The lowest BCUT2D eigenvalue weighted by atomic mass is 10.3. The van der Waals surface area contributed by atoms with E-state index in [1.807, 2.05) is 0 Å². The van der Waals surface area contributed by atoms with Gasteiger partial charge in [0, 0.05) is 20.8 Å². The Morgan fingerprint density at radius 2 is 2.08 bits per heavy atom. The van der Waals surface area contributed by atoms with Crippen molar-refractivity contribution in [1.82, 2.24) is 4.90 Å². The number of likely N-dealkylation sites (N-methyl/N-ethyl adjacent to an activating group) is 1. The van der Waals surface area contributed by atoms with Crippen molar-refractivity contribution in [2.24, 2.45) is 5.73 Å². The summed E-state index contributed by atoms with van der Waals surface area (Å²) < 4.78 is 10.3. The van der Waals surface area contributed by atoms with Crippen molar-refractivity contribution in [3.63, 3.8) is 0 Å². The molecule has 0 heterocycles. The van der Waals surface area contributed by atoms with Crippen LogP contribution in [0.2, 0.25) is 0 Å². The van der Waals surface area contributed by atoms with Crippen LogP contribution >= 0.6 is 0 Å². The number of hydrogen-bond acceptors (Lipinski definition) is 4. The first-order chi connectivity index (χ1) is 6.24. The average Bonchev–Trinajstić information content (AvgIpc) is 2.14. The molecule has 0 radical (unpaired) electrons. The zero-order valence-electron chi connectivity index (χ0n) is 8.95. The van der Waals surface area contributed by atoms with Gasteiger partial charge in [-0.05, 0) is 26.6 Å². The predicted octanol–water partition coefficient (Wildman–Crippen LogP) is -0.0716. The second-order valence-corrected chi connectivity index (χ2v) is 3.22. The van der Waals surface area contributed by atoms with E-state index in [0.717, 1.165) is 26.1 Å². The Morgan fingerprint density at radius 3 is 2.54 bits per heavy atom. The van der Waals surface area contributed by atoms with E-state index in [0.29, 0.717) is 6.61 Å². The third kappa shape index (κ3) is 6.95. The summed E-state index contributed by atoms with van der Waals surface area (Å²) in [5, 5.41) is 0. The maximum absolute atomic E-state index is 5.42. The molecule has 1 unspecified atom stereocenters. The minimum absolute atomic E-state index is 0.160. The number of nitrogens with zero attached hydrogens (tertiary/aromatic N) is 1. The van der Waals surface area contributed by atoms with Crippen LogP contribution < -0.4 is 5.73 Å². The van der Waals surface area contributed by atoms with Crippen molar-refractivity contribution < 1.29 is 9.47 Å². The number of hydrogen-bond donors (Lipinski definition) is 1. The van der Waals surface area contributed by atoms with Crippen molar-refractivity contribution in [3.05, 3.63) is 0 Å². The molecule has 0 aliphatic heterocycles. The Morgan fingerprint density at radius 1 is 1.38 bits per heavy atom. The van der Waals surface area contributed by atoms with Crippen molar-refractivity contribution in [1.29, 1.82) is 0 Å². The first-order valence-electron chi connectivity index (χ1n) is 4.65. The zero-order chi connectivity index (χ0) is 10.1. The zero-order valence-corrected chi connectivity index (χ0v) is 8.95. The van der Waals surface area contributed by atoms with Gasteiger partial charge in [-0.15, -0.1) is 0 Å². The molecule has 1 atom stereocenters. The number of nitrogens with two attached hydrogens (primary N) is 1. The molecule has 0 aromatic heterocycles. The van der Waals surface area contributed by atoms with E-state index < -0.39 is 0 Å². The van der Waals surface area contributed by atoms with Gasteiger partial charge in [-0.3, -0.25) is 0 Å². The van der Waals surface area contributed by atoms with Gasteiger partial charge in [0.15, 0.2) is 0 Å². The molecule has 0 fully saturated rings. The largest absolute Gasteiger partial charge is 0.382 e. The lowest BCUT2D eigenvalue weighted by Gasteiger charge is -2.22. The molecule has 0 aromatic rings. The van der Waals surface area contributed by atoms with E-state index in [9.17, 15) is 0 Å². The van der Waals surface area contributed by atoms with Crippen LogP contribution in [0.5, 0.6) is 0 Å². The molecule has 0 saturated heterocycles. The molecule has 0 aliphatic rings. The molecule has 0 aliphatic carbocycles. The molecule has 0 saturated carbocycles. The quantitative estimate of drug-likeness (QED) is 0.582.